The van der Waals surface area contributed by atoms with Crippen LogP contribution in [0.2, 0.25) is 0 Å². The van der Waals surface area contributed by atoms with E-state index in [1.165, 1.54) is 0 Å². The van der Waals surface area contributed by atoms with Gasteiger partial charge >= 0.3 is 0 Å². The van der Waals surface area contributed by atoms with Crippen molar-refractivity contribution in [3.63, 3.8) is 0 Å². The first kappa shape index (κ1) is 10.1. The summed E-state index contributed by atoms with van der Waals surface area (Å²) in [6.07, 6.45) is 2.57. The van der Waals surface area contributed by atoms with Crippen LogP contribution in [-0.4, -0.2) is 11.3 Å². The van der Waals surface area contributed by atoms with E-state index in [1.807, 2.05) is 30.3 Å². The minimum Gasteiger partial charge on any atom is -0.298 e. The SMILES string of the molecule is O=Cc1cccc(-c2ccc(Br)cn2)c1. The standard InChI is InChI=1S/C12H8BrNO/c13-11-4-5-12(14-7-11)10-3-1-2-9(6-10)8-15/h1-8H. The zero-order valence-electron chi connectivity index (χ0n) is 7.85. The summed E-state index contributed by atoms with van der Waals surface area (Å²) in [5, 5.41) is 0. The molecule has 0 saturated heterocycles. The van der Waals surface area contributed by atoms with E-state index in [-0.39, 0.29) is 0 Å². The van der Waals surface area contributed by atoms with E-state index in [0.717, 1.165) is 22.0 Å². The molecule has 3 heteroatoms. The second kappa shape index (κ2) is 4.36. The minimum absolute atomic E-state index is 0.664. The van der Waals surface area contributed by atoms with E-state index in [2.05, 4.69) is 20.9 Å². The van der Waals surface area contributed by atoms with Gasteiger partial charge < -0.3 is 0 Å². The number of carbonyl (C=O) groups is 1. The van der Waals surface area contributed by atoms with Gasteiger partial charge in [0.2, 0.25) is 0 Å². The summed E-state index contributed by atoms with van der Waals surface area (Å²) < 4.78 is 0.942. The zero-order chi connectivity index (χ0) is 10.7. The van der Waals surface area contributed by atoms with Gasteiger partial charge in [-0.2, -0.15) is 0 Å². The van der Waals surface area contributed by atoms with Crippen molar-refractivity contribution in [2.24, 2.45) is 0 Å². The Labute approximate surface area is 96.1 Å². The normalized spacial score (nSPS) is 9.93. The van der Waals surface area contributed by atoms with Crippen molar-refractivity contribution in [1.82, 2.24) is 4.98 Å². The predicted molar refractivity (Wildman–Crippen MR) is 62.8 cm³/mol. The average molecular weight is 262 g/mol. The number of rotatable bonds is 2. The lowest BCUT2D eigenvalue weighted by Gasteiger charge is -2.01. The molecule has 1 aromatic carbocycles. The van der Waals surface area contributed by atoms with Gasteiger partial charge in [0.15, 0.2) is 0 Å². The molecule has 0 radical (unpaired) electrons. The van der Waals surface area contributed by atoms with Gasteiger partial charge in [-0.25, -0.2) is 0 Å². The van der Waals surface area contributed by atoms with Crippen LogP contribution in [0.3, 0.4) is 0 Å². The maximum atomic E-state index is 10.6. The second-order valence-electron chi connectivity index (χ2n) is 3.10. The molecule has 1 heterocycles. The van der Waals surface area contributed by atoms with E-state index in [9.17, 15) is 4.79 Å². The Kier molecular flexibility index (Phi) is 2.92. The lowest BCUT2D eigenvalue weighted by molar-refractivity contribution is 0.112. The molecule has 0 atom stereocenters. The Morgan fingerprint density at radius 1 is 1.20 bits per heavy atom. The van der Waals surface area contributed by atoms with Crippen LogP contribution in [0, 0.1) is 0 Å². The van der Waals surface area contributed by atoms with Crippen LogP contribution in [0.4, 0.5) is 0 Å². The number of carbonyl (C=O) groups excluding carboxylic acids is 1. The molecular formula is C12H8BrNO. The highest BCUT2D eigenvalue weighted by Gasteiger charge is 1.99. The molecule has 74 valence electrons. The summed E-state index contributed by atoms with van der Waals surface area (Å²) in [5.74, 6) is 0. The number of aldehydes is 1. The van der Waals surface area contributed by atoms with Crippen LogP contribution in [0.5, 0.6) is 0 Å². The van der Waals surface area contributed by atoms with Crippen LogP contribution < -0.4 is 0 Å². The molecule has 0 bridgehead atoms. The summed E-state index contributed by atoms with van der Waals surface area (Å²) in [4.78, 5) is 14.9. The number of hydrogen-bond acceptors (Lipinski definition) is 2. The third kappa shape index (κ3) is 2.30. The molecule has 0 aliphatic carbocycles. The smallest absolute Gasteiger partial charge is 0.150 e. The molecule has 0 N–H and O–H groups in total. The monoisotopic (exact) mass is 261 g/mol. The first-order chi connectivity index (χ1) is 7.29. The Morgan fingerprint density at radius 2 is 2.07 bits per heavy atom. The molecule has 2 aromatic rings. The van der Waals surface area contributed by atoms with Crippen molar-refractivity contribution in [2.45, 2.75) is 0 Å². The number of hydrogen-bond donors (Lipinski definition) is 0. The van der Waals surface area contributed by atoms with Crippen LogP contribution in [0.25, 0.3) is 11.3 Å². The molecule has 2 rings (SSSR count). The van der Waals surface area contributed by atoms with Crippen LogP contribution in [-0.2, 0) is 0 Å². The van der Waals surface area contributed by atoms with Crippen molar-refractivity contribution in [2.75, 3.05) is 0 Å². The Bertz CT molecular complexity index is 479. The van der Waals surface area contributed by atoms with Gasteiger partial charge in [-0.15, -0.1) is 0 Å². The Hall–Kier alpha value is -1.48. The predicted octanol–water partition coefficient (Wildman–Crippen LogP) is 3.32. The number of aromatic nitrogens is 1. The molecule has 0 aliphatic rings. The van der Waals surface area contributed by atoms with E-state index < -0.39 is 0 Å². The molecule has 0 saturated carbocycles. The van der Waals surface area contributed by atoms with Crippen LogP contribution >= 0.6 is 15.9 Å². The largest absolute Gasteiger partial charge is 0.298 e. The molecule has 0 fully saturated rings. The fraction of sp³-hybridized carbons (Fsp3) is 0. The van der Waals surface area contributed by atoms with Crippen molar-refractivity contribution in [1.29, 1.82) is 0 Å². The molecule has 2 nitrogen and oxygen atoms in total. The summed E-state index contributed by atoms with van der Waals surface area (Å²) in [6, 6.07) is 11.2. The number of nitrogens with zero attached hydrogens (tertiary/aromatic N) is 1. The highest BCUT2D eigenvalue weighted by Crippen LogP contribution is 2.19. The van der Waals surface area contributed by atoms with Gasteiger partial charge in [-0.05, 0) is 34.1 Å². The van der Waals surface area contributed by atoms with E-state index in [0.29, 0.717) is 5.56 Å². The molecular weight excluding hydrogens is 254 g/mol. The van der Waals surface area contributed by atoms with Crippen molar-refractivity contribution in [3.8, 4) is 11.3 Å². The third-order valence-corrected chi connectivity index (χ3v) is 2.51. The average Bonchev–Trinajstić information content (AvgIpc) is 2.30. The molecule has 0 aliphatic heterocycles. The summed E-state index contributed by atoms with van der Waals surface area (Å²) >= 11 is 3.33. The molecule has 1 aromatic heterocycles. The summed E-state index contributed by atoms with van der Waals surface area (Å²) in [6.45, 7) is 0. The topological polar surface area (TPSA) is 30.0 Å². The summed E-state index contributed by atoms with van der Waals surface area (Å²) in [5.41, 5.74) is 2.48. The van der Waals surface area contributed by atoms with Crippen molar-refractivity contribution < 1.29 is 4.79 Å². The van der Waals surface area contributed by atoms with Gasteiger partial charge in [0.05, 0.1) is 5.69 Å². The zero-order valence-corrected chi connectivity index (χ0v) is 9.44. The highest BCUT2D eigenvalue weighted by atomic mass is 79.9. The van der Waals surface area contributed by atoms with Gasteiger partial charge in [0, 0.05) is 21.8 Å². The van der Waals surface area contributed by atoms with E-state index >= 15 is 0 Å². The highest BCUT2D eigenvalue weighted by molar-refractivity contribution is 9.10. The second-order valence-corrected chi connectivity index (χ2v) is 4.02. The fourth-order valence-electron chi connectivity index (χ4n) is 1.32. The summed E-state index contributed by atoms with van der Waals surface area (Å²) in [7, 11) is 0. The van der Waals surface area contributed by atoms with Crippen molar-refractivity contribution in [3.05, 3.63) is 52.6 Å². The Morgan fingerprint density at radius 3 is 2.73 bits per heavy atom. The maximum absolute atomic E-state index is 10.6. The van der Waals surface area contributed by atoms with Gasteiger partial charge in [0.25, 0.3) is 0 Å². The van der Waals surface area contributed by atoms with E-state index in [4.69, 9.17) is 0 Å². The first-order valence-corrected chi connectivity index (χ1v) is 5.26. The van der Waals surface area contributed by atoms with Crippen molar-refractivity contribution >= 4 is 22.2 Å². The number of benzene rings is 1. The fourth-order valence-corrected chi connectivity index (χ4v) is 1.55. The quantitative estimate of drug-likeness (QED) is 0.777. The lowest BCUT2D eigenvalue weighted by Crippen LogP contribution is -1.85. The van der Waals surface area contributed by atoms with Crippen LogP contribution in [0.1, 0.15) is 10.4 Å². The van der Waals surface area contributed by atoms with Gasteiger partial charge in [0.1, 0.15) is 6.29 Å². The molecule has 0 unspecified atom stereocenters. The van der Waals surface area contributed by atoms with E-state index in [1.54, 1.807) is 12.3 Å². The molecule has 0 amide bonds. The maximum Gasteiger partial charge on any atom is 0.150 e. The number of halogens is 1. The van der Waals surface area contributed by atoms with Crippen LogP contribution in [0.15, 0.2) is 47.1 Å². The Balaban J connectivity index is 2.44. The van der Waals surface area contributed by atoms with Gasteiger partial charge in [-0.3, -0.25) is 9.78 Å². The molecule has 15 heavy (non-hydrogen) atoms. The van der Waals surface area contributed by atoms with Gasteiger partial charge in [-0.1, -0.05) is 18.2 Å². The minimum atomic E-state index is 0.664. The first-order valence-electron chi connectivity index (χ1n) is 4.47. The lowest BCUT2D eigenvalue weighted by atomic mass is 10.1. The number of pyridine rings is 1. The molecule has 0 spiro atoms. The third-order valence-electron chi connectivity index (χ3n) is 2.05.